The lowest BCUT2D eigenvalue weighted by atomic mass is 10.1. The van der Waals surface area contributed by atoms with Gasteiger partial charge in [0.15, 0.2) is 18.1 Å². The van der Waals surface area contributed by atoms with Crippen LogP contribution in [-0.2, 0) is 21.2 Å². The van der Waals surface area contributed by atoms with Gasteiger partial charge in [-0.15, -0.1) is 0 Å². The van der Waals surface area contributed by atoms with Gasteiger partial charge in [0.05, 0.1) is 19.1 Å². The van der Waals surface area contributed by atoms with Gasteiger partial charge in [-0.1, -0.05) is 19.4 Å². The lowest BCUT2D eigenvalue weighted by Crippen LogP contribution is -2.30. The van der Waals surface area contributed by atoms with Crippen LogP contribution in [0.1, 0.15) is 25.3 Å². The van der Waals surface area contributed by atoms with E-state index >= 15 is 0 Å². The van der Waals surface area contributed by atoms with Gasteiger partial charge < -0.3 is 19.5 Å². The van der Waals surface area contributed by atoms with Gasteiger partial charge in [-0.2, -0.15) is 0 Å². The summed E-state index contributed by atoms with van der Waals surface area (Å²) in [7, 11) is -0.377. The second-order valence-electron chi connectivity index (χ2n) is 6.80. The molecule has 0 aliphatic rings. The number of amides is 1. The van der Waals surface area contributed by atoms with E-state index in [1.54, 1.807) is 14.2 Å². The van der Waals surface area contributed by atoms with Crippen molar-refractivity contribution in [1.29, 1.82) is 0 Å². The van der Waals surface area contributed by atoms with Gasteiger partial charge in [-0.25, -0.2) is 13.1 Å². The maximum Gasteiger partial charge on any atom is 0.257 e. The van der Waals surface area contributed by atoms with Crippen LogP contribution in [0, 0.1) is 0 Å². The zero-order chi connectivity index (χ0) is 22.7. The molecule has 0 aliphatic carbocycles. The third-order valence-electron chi connectivity index (χ3n) is 4.51. The molecular weight excluding hydrogens is 420 g/mol. The Balaban J connectivity index is 1.77. The highest BCUT2D eigenvalue weighted by atomic mass is 32.2. The van der Waals surface area contributed by atoms with Crippen molar-refractivity contribution in [3.63, 3.8) is 0 Å². The summed E-state index contributed by atoms with van der Waals surface area (Å²) in [6, 6.07) is 11.6. The van der Waals surface area contributed by atoms with E-state index in [1.165, 1.54) is 24.3 Å². The highest BCUT2D eigenvalue weighted by Gasteiger charge is 2.13. The molecule has 170 valence electrons. The van der Waals surface area contributed by atoms with Crippen LogP contribution < -0.4 is 24.2 Å². The van der Waals surface area contributed by atoms with Crippen LogP contribution in [0.2, 0.25) is 0 Å². The summed E-state index contributed by atoms with van der Waals surface area (Å²) in [5, 5.41) is 2.79. The van der Waals surface area contributed by atoms with Crippen molar-refractivity contribution < 1.29 is 27.4 Å². The predicted molar refractivity (Wildman–Crippen MR) is 118 cm³/mol. The predicted octanol–water partition coefficient (Wildman–Crippen LogP) is 2.52. The van der Waals surface area contributed by atoms with Gasteiger partial charge in [0.2, 0.25) is 10.0 Å². The zero-order valence-electron chi connectivity index (χ0n) is 18.1. The molecule has 2 rings (SSSR count). The molecule has 8 nitrogen and oxygen atoms in total. The normalized spacial score (nSPS) is 11.1. The fourth-order valence-corrected chi connectivity index (χ4v) is 3.84. The van der Waals surface area contributed by atoms with Gasteiger partial charge in [-0.05, 0) is 54.8 Å². The Kier molecular flexibility index (Phi) is 9.61. The lowest BCUT2D eigenvalue weighted by molar-refractivity contribution is -0.123. The lowest BCUT2D eigenvalue weighted by Gasteiger charge is -2.11. The first-order valence-electron chi connectivity index (χ1n) is 10.1. The van der Waals surface area contributed by atoms with Crippen LogP contribution in [0.5, 0.6) is 17.2 Å². The van der Waals surface area contributed by atoms with Gasteiger partial charge in [-0.3, -0.25) is 4.79 Å². The fraction of sp³-hybridized carbons (Fsp3) is 0.409. The Morgan fingerprint density at radius 1 is 0.968 bits per heavy atom. The number of sulfonamides is 1. The minimum absolute atomic E-state index is 0.160. The van der Waals surface area contributed by atoms with Gasteiger partial charge in [0, 0.05) is 13.1 Å². The zero-order valence-corrected chi connectivity index (χ0v) is 19.0. The number of unbranched alkanes of at least 4 members (excludes halogenated alkanes) is 1. The number of benzene rings is 2. The fourth-order valence-electron chi connectivity index (χ4n) is 2.76. The van der Waals surface area contributed by atoms with Crippen molar-refractivity contribution in [2.75, 3.05) is 33.9 Å². The Morgan fingerprint density at radius 3 is 2.32 bits per heavy atom. The smallest absolute Gasteiger partial charge is 0.257 e. The van der Waals surface area contributed by atoms with E-state index in [1.807, 2.05) is 25.1 Å². The summed E-state index contributed by atoms with van der Waals surface area (Å²) >= 11 is 0. The molecule has 0 heterocycles. The van der Waals surface area contributed by atoms with Crippen molar-refractivity contribution in [1.82, 2.24) is 10.0 Å². The van der Waals surface area contributed by atoms with Crippen molar-refractivity contribution in [2.45, 2.75) is 31.1 Å². The number of carbonyl (C=O) groups excluding carboxylic acids is 1. The van der Waals surface area contributed by atoms with E-state index in [-0.39, 0.29) is 17.4 Å². The topological polar surface area (TPSA) is 103 Å². The third kappa shape index (κ3) is 7.76. The van der Waals surface area contributed by atoms with Crippen LogP contribution in [-0.4, -0.2) is 48.2 Å². The van der Waals surface area contributed by atoms with E-state index in [0.29, 0.717) is 36.8 Å². The highest BCUT2D eigenvalue weighted by molar-refractivity contribution is 7.89. The summed E-state index contributed by atoms with van der Waals surface area (Å²) < 4.78 is 42.8. The first-order valence-corrected chi connectivity index (χ1v) is 11.6. The monoisotopic (exact) mass is 450 g/mol. The molecule has 0 radical (unpaired) electrons. The molecule has 0 atom stereocenters. The number of hydrogen-bond acceptors (Lipinski definition) is 6. The minimum atomic E-state index is -3.53. The molecule has 2 aromatic carbocycles. The van der Waals surface area contributed by atoms with E-state index in [0.717, 1.165) is 18.4 Å². The van der Waals surface area contributed by atoms with Crippen LogP contribution in [0.15, 0.2) is 47.4 Å². The molecule has 0 aliphatic heterocycles. The molecule has 1 amide bonds. The molecule has 9 heteroatoms. The summed E-state index contributed by atoms with van der Waals surface area (Å²) in [5.41, 5.74) is 1.00. The average molecular weight is 451 g/mol. The Morgan fingerprint density at radius 2 is 1.68 bits per heavy atom. The van der Waals surface area contributed by atoms with E-state index in [9.17, 15) is 13.2 Å². The minimum Gasteiger partial charge on any atom is -0.493 e. The maximum absolute atomic E-state index is 12.2. The quantitative estimate of drug-likeness (QED) is 0.455. The first-order chi connectivity index (χ1) is 14.9. The SMILES string of the molecule is CCCCNS(=O)(=O)c1ccc(OCC(=O)NCCc2ccc(OC)c(OC)c2)cc1. The van der Waals surface area contributed by atoms with Gasteiger partial charge >= 0.3 is 0 Å². The van der Waals surface area contributed by atoms with Crippen LogP contribution in [0.4, 0.5) is 0 Å². The average Bonchev–Trinajstić information content (AvgIpc) is 2.78. The molecular formula is C22H30N2O6S. The number of nitrogens with one attached hydrogen (secondary N) is 2. The van der Waals surface area contributed by atoms with Crippen molar-refractivity contribution in [3.8, 4) is 17.2 Å². The Bertz CT molecular complexity index is 945. The summed E-state index contributed by atoms with van der Waals surface area (Å²) in [5.74, 6) is 1.45. The van der Waals surface area contributed by atoms with E-state index in [2.05, 4.69) is 10.0 Å². The number of rotatable bonds is 13. The van der Waals surface area contributed by atoms with Crippen LogP contribution in [0.25, 0.3) is 0 Å². The number of hydrogen-bond donors (Lipinski definition) is 2. The van der Waals surface area contributed by atoms with Crippen molar-refractivity contribution in [3.05, 3.63) is 48.0 Å². The second-order valence-corrected chi connectivity index (χ2v) is 8.57. The van der Waals surface area contributed by atoms with Crippen molar-refractivity contribution >= 4 is 15.9 Å². The van der Waals surface area contributed by atoms with Crippen LogP contribution >= 0.6 is 0 Å². The Labute approximate surface area is 184 Å². The van der Waals surface area contributed by atoms with Gasteiger partial charge in [0.25, 0.3) is 5.91 Å². The largest absolute Gasteiger partial charge is 0.493 e. The third-order valence-corrected chi connectivity index (χ3v) is 5.99. The number of ether oxygens (including phenoxy) is 3. The summed E-state index contributed by atoms with van der Waals surface area (Å²) in [4.78, 5) is 12.2. The molecule has 2 N–H and O–H groups in total. The highest BCUT2D eigenvalue weighted by Crippen LogP contribution is 2.27. The van der Waals surface area contributed by atoms with Crippen molar-refractivity contribution in [2.24, 2.45) is 0 Å². The molecule has 0 bridgehead atoms. The van der Waals surface area contributed by atoms with Gasteiger partial charge in [0.1, 0.15) is 5.75 Å². The molecule has 31 heavy (non-hydrogen) atoms. The first kappa shape index (κ1) is 24.5. The molecule has 0 fully saturated rings. The van der Waals surface area contributed by atoms with E-state index < -0.39 is 10.0 Å². The van der Waals surface area contributed by atoms with E-state index in [4.69, 9.17) is 14.2 Å². The molecule has 0 saturated carbocycles. The second kappa shape index (κ2) is 12.2. The molecule has 0 saturated heterocycles. The summed E-state index contributed by atoms with van der Waals surface area (Å²) in [6.45, 7) is 2.68. The van der Waals surface area contributed by atoms with Crippen LogP contribution in [0.3, 0.4) is 0 Å². The standard InChI is InChI=1S/C22H30N2O6S/c1-4-5-13-24-31(26,27)19-9-7-18(8-10-19)30-16-22(25)23-14-12-17-6-11-20(28-2)21(15-17)29-3/h6-11,15,24H,4-5,12-14,16H2,1-3H3,(H,23,25). The molecule has 0 spiro atoms. The number of methoxy groups -OCH3 is 2. The molecule has 0 aromatic heterocycles. The Hall–Kier alpha value is -2.78. The molecule has 0 unspecified atom stereocenters. The molecule has 2 aromatic rings. The number of carbonyl (C=O) groups is 1. The maximum atomic E-state index is 12.2. The summed E-state index contributed by atoms with van der Waals surface area (Å²) in [6.07, 6.45) is 2.32.